The van der Waals surface area contributed by atoms with Crippen LogP contribution in [0.25, 0.3) is 0 Å². The van der Waals surface area contributed by atoms with Crippen LogP contribution in [-0.2, 0) is 11.3 Å². The molecular weight excluding hydrogens is 284 g/mol. The van der Waals surface area contributed by atoms with E-state index in [1.54, 1.807) is 12.1 Å². The van der Waals surface area contributed by atoms with Crippen molar-refractivity contribution in [3.05, 3.63) is 58.5 Å². The summed E-state index contributed by atoms with van der Waals surface area (Å²) in [5.74, 6) is 0.184. The second kappa shape index (κ2) is 5.80. The summed E-state index contributed by atoms with van der Waals surface area (Å²) in [6.07, 6.45) is 1.47. The lowest BCUT2D eigenvalue weighted by atomic mass is 10.2. The highest BCUT2D eigenvalue weighted by Gasteiger charge is 2.08. The van der Waals surface area contributed by atoms with Crippen LogP contribution in [-0.4, -0.2) is 12.4 Å². The van der Waals surface area contributed by atoms with Crippen molar-refractivity contribution < 1.29 is 13.9 Å². The van der Waals surface area contributed by atoms with Crippen molar-refractivity contribution in [1.82, 2.24) is 0 Å². The number of carbonyl (C=O) groups is 1. The first-order chi connectivity index (χ1) is 8.25. The van der Waals surface area contributed by atoms with Crippen molar-refractivity contribution >= 4 is 21.7 Å². The molecule has 2 aromatic rings. The van der Waals surface area contributed by atoms with Crippen LogP contribution < -0.4 is 0 Å². The van der Waals surface area contributed by atoms with Crippen molar-refractivity contribution in [3.63, 3.8) is 0 Å². The summed E-state index contributed by atoms with van der Waals surface area (Å²) in [5.41, 5.74) is 1.02. The van der Waals surface area contributed by atoms with Crippen LogP contribution in [0.2, 0.25) is 0 Å². The summed E-state index contributed by atoms with van der Waals surface area (Å²) in [5, 5.41) is 0. The van der Waals surface area contributed by atoms with Crippen molar-refractivity contribution in [1.29, 1.82) is 0 Å². The van der Waals surface area contributed by atoms with Crippen LogP contribution >= 0.6 is 15.9 Å². The molecule has 0 saturated carbocycles. The van der Waals surface area contributed by atoms with Gasteiger partial charge in [0.25, 0.3) is 0 Å². The zero-order valence-corrected chi connectivity index (χ0v) is 10.6. The summed E-state index contributed by atoms with van der Waals surface area (Å²) >= 11 is 3.38. The molecule has 17 heavy (non-hydrogen) atoms. The van der Waals surface area contributed by atoms with Gasteiger partial charge < -0.3 is 9.15 Å². The van der Waals surface area contributed by atoms with Gasteiger partial charge in [-0.2, -0.15) is 0 Å². The Labute approximate surface area is 108 Å². The maximum atomic E-state index is 11.5. The molecule has 0 aliphatic carbocycles. The van der Waals surface area contributed by atoms with Crippen molar-refractivity contribution in [2.24, 2.45) is 0 Å². The molecule has 0 bridgehead atoms. The molecule has 3 nitrogen and oxygen atoms in total. The van der Waals surface area contributed by atoms with E-state index in [0.717, 1.165) is 10.0 Å². The quantitative estimate of drug-likeness (QED) is 0.793. The van der Waals surface area contributed by atoms with Gasteiger partial charge in [0.2, 0.25) is 5.78 Å². The molecule has 0 saturated heterocycles. The van der Waals surface area contributed by atoms with Gasteiger partial charge in [0.1, 0.15) is 6.61 Å². The Balaban J connectivity index is 1.82. The minimum absolute atomic E-state index is 0.0278. The molecule has 0 atom stereocenters. The second-order valence-electron chi connectivity index (χ2n) is 3.52. The van der Waals surface area contributed by atoms with Crippen LogP contribution in [0.4, 0.5) is 0 Å². The Kier molecular flexibility index (Phi) is 4.12. The summed E-state index contributed by atoms with van der Waals surface area (Å²) in [4.78, 5) is 11.5. The van der Waals surface area contributed by atoms with Gasteiger partial charge >= 0.3 is 0 Å². The molecule has 0 aliphatic heterocycles. The van der Waals surface area contributed by atoms with E-state index in [-0.39, 0.29) is 12.4 Å². The third-order valence-electron chi connectivity index (χ3n) is 2.19. The van der Waals surface area contributed by atoms with E-state index >= 15 is 0 Å². The van der Waals surface area contributed by atoms with Crippen LogP contribution in [0.1, 0.15) is 16.1 Å². The molecule has 4 heteroatoms. The average molecular weight is 295 g/mol. The van der Waals surface area contributed by atoms with Crippen molar-refractivity contribution in [2.45, 2.75) is 6.61 Å². The number of hydrogen-bond donors (Lipinski definition) is 0. The summed E-state index contributed by atoms with van der Waals surface area (Å²) in [6.45, 7) is 0.436. The molecule has 0 N–H and O–H groups in total. The van der Waals surface area contributed by atoms with Crippen molar-refractivity contribution in [3.8, 4) is 0 Å². The van der Waals surface area contributed by atoms with Gasteiger partial charge in [-0.1, -0.05) is 28.1 Å². The Hall–Kier alpha value is -1.39. The van der Waals surface area contributed by atoms with Crippen LogP contribution in [0.3, 0.4) is 0 Å². The van der Waals surface area contributed by atoms with E-state index in [0.29, 0.717) is 12.4 Å². The Morgan fingerprint density at radius 1 is 1.29 bits per heavy atom. The Morgan fingerprint density at radius 2 is 2.18 bits per heavy atom. The SMILES string of the molecule is O=C(COCc1cccc(Br)c1)c1ccco1. The minimum atomic E-state index is -0.148. The zero-order valence-electron chi connectivity index (χ0n) is 9.06. The average Bonchev–Trinajstić information content (AvgIpc) is 2.82. The summed E-state index contributed by atoms with van der Waals surface area (Å²) in [6, 6.07) is 11.1. The third-order valence-corrected chi connectivity index (χ3v) is 2.68. The predicted molar refractivity (Wildman–Crippen MR) is 66.8 cm³/mol. The molecule has 0 fully saturated rings. The van der Waals surface area contributed by atoms with Gasteiger partial charge in [-0.15, -0.1) is 0 Å². The zero-order chi connectivity index (χ0) is 12.1. The number of Topliss-reactive ketones (excluding diaryl/α,β-unsaturated/α-hetero) is 1. The van der Waals surface area contributed by atoms with E-state index in [9.17, 15) is 4.79 Å². The first-order valence-electron chi connectivity index (χ1n) is 5.14. The summed E-state index contributed by atoms with van der Waals surface area (Å²) < 4.78 is 11.3. The number of halogens is 1. The molecule has 1 aromatic heterocycles. The number of furan rings is 1. The first kappa shape index (κ1) is 12.1. The lowest BCUT2D eigenvalue weighted by Gasteiger charge is -2.03. The van der Waals surface area contributed by atoms with Gasteiger partial charge in [0.15, 0.2) is 5.76 Å². The van der Waals surface area contributed by atoms with Gasteiger partial charge in [-0.25, -0.2) is 0 Å². The second-order valence-corrected chi connectivity index (χ2v) is 4.44. The standard InChI is InChI=1S/C13H11BrO3/c14-11-4-1-3-10(7-11)8-16-9-12(15)13-5-2-6-17-13/h1-7H,8-9H2. The third kappa shape index (κ3) is 3.54. The van der Waals surface area contributed by atoms with E-state index in [1.807, 2.05) is 24.3 Å². The molecule has 0 radical (unpaired) electrons. The molecule has 1 aromatic carbocycles. The highest BCUT2D eigenvalue weighted by Crippen LogP contribution is 2.12. The highest BCUT2D eigenvalue weighted by atomic mass is 79.9. The van der Waals surface area contributed by atoms with Crippen LogP contribution in [0, 0.1) is 0 Å². The monoisotopic (exact) mass is 294 g/mol. The molecule has 2 rings (SSSR count). The van der Waals surface area contributed by atoms with E-state index in [1.165, 1.54) is 6.26 Å². The number of ether oxygens (including phenoxy) is 1. The van der Waals surface area contributed by atoms with E-state index in [4.69, 9.17) is 9.15 Å². The molecule has 0 unspecified atom stereocenters. The molecule has 0 amide bonds. The van der Waals surface area contributed by atoms with Gasteiger partial charge in [0, 0.05) is 4.47 Å². The molecule has 0 spiro atoms. The van der Waals surface area contributed by atoms with Crippen LogP contribution in [0.15, 0.2) is 51.6 Å². The maximum absolute atomic E-state index is 11.5. The number of carbonyl (C=O) groups excluding carboxylic acids is 1. The van der Waals surface area contributed by atoms with Gasteiger partial charge in [-0.05, 0) is 29.8 Å². The number of rotatable bonds is 5. The predicted octanol–water partition coefficient (Wildman–Crippen LogP) is 3.44. The molecular formula is C13H11BrO3. The lowest BCUT2D eigenvalue weighted by Crippen LogP contribution is -2.08. The number of benzene rings is 1. The largest absolute Gasteiger partial charge is 0.461 e. The van der Waals surface area contributed by atoms with Crippen molar-refractivity contribution in [2.75, 3.05) is 6.61 Å². The Bertz CT molecular complexity index is 491. The topological polar surface area (TPSA) is 39.4 Å². The number of ketones is 1. The molecule has 0 aliphatic rings. The highest BCUT2D eigenvalue weighted by molar-refractivity contribution is 9.10. The van der Waals surface area contributed by atoms with Crippen LogP contribution in [0.5, 0.6) is 0 Å². The van der Waals surface area contributed by atoms with Gasteiger partial charge in [0.05, 0.1) is 12.9 Å². The smallest absolute Gasteiger partial charge is 0.223 e. The molecule has 1 heterocycles. The minimum Gasteiger partial charge on any atom is -0.461 e. The fraction of sp³-hybridized carbons (Fsp3) is 0.154. The fourth-order valence-electron chi connectivity index (χ4n) is 1.40. The van der Waals surface area contributed by atoms with E-state index in [2.05, 4.69) is 15.9 Å². The molecule has 88 valence electrons. The van der Waals surface area contributed by atoms with E-state index < -0.39 is 0 Å². The lowest BCUT2D eigenvalue weighted by molar-refractivity contribution is 0.0700. The number of hydrogen-bond acceptors (Lipinski definition) is 3. The normalized spacial score (nSPS) is 10.4. The Morgan fingerprint density at radius 3 is 2.88 bits per heavy atom. The van der Waals surface area contributed by atoms with Gasteiger partial charge in [-0.3, -0.25) is 4.79 Å². The summed E-state index contributed by atoms with van der Waals surface area (Å²) in [7, 11) is 0. The first-order valence-corrected chi connectivity index (χ1v) is 5.94. The maximum Gasteiger partial charge on any atom is 0.223 e. The fourth-order valence-corrected chi connectivity index (χ4v) is 1.84.